The van der Waals surface area contributed by atoms with Gasteiger partial charge in [0.05, 0.1) is 5.56 Å². The molecule has 3 heteroatoms. The first-order valence-electron chi connectivity index (χ1n) is 11.4. The molecule has 2 aromatic rings. The Labute approximate surface area is 184 Å². The number of unbranched alkanes of at least 4 members (excludes halogenated alkanes) is 2. The molecular formula is C28H31F3. The summed E-state index contributed by atoms with van der Waals surface area (Å²) in [5.74, 6) is 7.06. The third-order valence-corrected chi connectivity index (χ3v) is 6.17. The summed E-state index contributed by atoms with van der Waals surface area (Å²) in [6, 6.07) is 14.2. The number of allylic oxidation sites excluding steroid dienone is 2. The molecule has 0 amide bonds. The minimum Gasteiger partial charge on any atom is -0.166 e. The van der Waals surface area contributed by atoms with Crippen LogP contribution < -0.4 is 0 Å². The van der Waals surface area contributed by atoms with Crippen molar-refractivity contribution in [2.45, 2.75) is 70.4 Å². The summed E-state index contributed by atoms with van der Waals surface area (Å²) in [5.41, 5.74) is 2.86. The lowest BCUT2D eigenvalue weighted by Crippen LogP contribution is -2.11. The van der Waals surface area contributed by atoms with Crippen molar-refractivity contribution in [1.82, 2.24) is 0 Å². The lowest BCUT2D eigenvalue weighted by molar-refractivity contribution is -0.137. The number of benzene rings is 2. The highest BCUT2D eigenvalue weighted by Gasteiger charge is 2.29. The van der Waals surface area contributed by atoms with Crippen LogP contribution in [-0.2, 0) is 12.6 Å². The minimum absolute atomic E-state index is 0.534. The van der Waals surface area contributed by atoms with E-state index in [0.29, 0.717) is 17.4 Å². The Morgan fingerprint density at radius 2 is 1.58 bits per heavy atom. The van der Waals surface area contributed by atoms with Gasteiger partial charge in [-0.1, -0.05) is 61.9 Å². The van der Waals surface area contributed by atoms with Crippen LogP contribution >= 0.6 is 0 Å². The monoisotopic (exact) mass is 424 g/mol. The third kappa shape index (κ3) is 7.31. The van der Waals surface area contributed by atoms with E-state index in [1.54, 1.807) is 0 Å². The topological polar surface area (TPSA) is 0 Å². The van der Waals surface area contributed by atoms with E-state index >= 15 is 0 Å². The average Bonchev–Trinajstić information content (AvgIpc) is 2.78. The minimum atomic E-state index is -4.30. The van der Waals surface area contributed by atoms with Crippen LogP contribution in [0.1, 0.15) is 80.0 Å². The Morgan fingerprint density at radius 3 is 2.19 bits per heavy atom. The fourth-order valence-electron chi connectivity index (χ4n) is 4.23. The zero-order valence-electron chi connectivity index (χ0n) is 18.2. The number of hydrogen-bond donors (Lipinski definition) is 0. The van der Waals surface area contributed by atoms with Crippen molar-refractivity contribution >= 4 is 0 Å². The van der Waals surface area contributed by atoms with Crippen LogP contribution in [0.15, 0.2) is 60.7 Å². The third-order valence-electron chi connectivity index (χ3n) is 6.17. The highest BCUT2D eigenvalue weighted by molar-refractivity contribution is 5.39. The van der Waals surface area contributed by atoms with Gasteiger partial charge in [-0.15, -0.1) is 0 Å². The molecule has 31 heavy (non-hydrogen) atoms. The number of rotatable bonds is 6. The molecule has 1 aliphatic rings. The van der Waals surface area contributed by atoms with Gasteiger partial charge in [-0.2, -0.15) is 13.2 Å². The average molecular weight is 425 g/mol. The first-order valence-corrected chi connectivity index (χ1v) is 11.4. The van der Waals surface area contributed by atoms with Gasteiger partial charge in [0.15, 0.2) is 0 Å². The largest absolute Gasteiger partial charge is 0.416 e. The molecule has 0 radical (unpaired) electrons. The van der Waals surface area contributed by atoms with Crippen LogP contribution in [0.2, 0.25) is 0 Å². The van der Waals surface area contributed by atoms with E-state index in [4.69, 9.17) is 0 Å². The number of aryl methyl sites for hydroxylation is 1. The van der Waals surface area contributed by atoms with E-state index in [1.165, 1.54) is 61.8 Å². The van der Waals surface area contributed by atoms with Gasteiger partial charge in [0.1, 0.15) is 0 Å². The molecule has 0 atom stereocenters. The van der Waals surface area contributed by atoms with Gasteiger partial charge in [0.25, 0.3) is 0 Å². The standard InChI is InChI=1S/C28H31F3/c1-2-3-4-7-22-10-16-25(17-11-22)26-18-12-23(13-19-26)8-5-6-9-24-14-20-27(21-15-24)28(29,30)31/h5,8,10-11,14-17,20-21,23,26H,2-4,7,12-13,18-19H2,1H3/b8-5+. The van der Waals surface area contributed by atoms with Gasteiger partial charge < -0.3 is 0 Å². The van der Waals surface area contributed by atoms with Crippen molar-refractivity contribution in [2.24, 2.45) is 5.92 Å². The van der Waals surface area contributed by atoms with Gasteiger partial charge in [0, 0.05) is 5.56 Å². The summed E-state index contributed by atoms with van der Waals surface area (Å²) in [6.45, 7) is 2.24. The highest BCUT2D eigenvalue weighted by Crippen LogP contribution is 2.36. The lowest BCUT2D eigenvalue weighted by atomic mass is 9.78. The zero-order valence-corrected chi connectivity index (χ0v) is 18.2. The van der Waals surface area contributed by atoms with Crippen LogP contribution in [-0.4, -0.2) is 0 Å². The number of halogens is 3. The Morgan fingerprint density at radius 1 is 0.903 bits per heavy atom. The summed E-state index contributed by atoms with van der Waals surface area (Å²) >= 11 is 0. The van der Waals surface area contributed by atoms with Crippen molar-refractivity contribution in [2.75, 3.05) is 0 Å². The number of hydrogen-bond acceptors (Lipinski definition) is 0. The summed E-state index contributed by atoms with van der Waals surface area (Å²) in [4.78, 5) is 0. The van der Waals surface area contributed by atoms with Crippen molar-refractivity contribution in [3.05, 3.63) is 82.9 Å². The summed E-state index contributed by atoms with van der Waals surface area (Å²) in [6.07, 6.45) is 9.41. The van der Waals surface area contributed by atoms with Crippen LogP contribution in [0.4, 0.5) is 13.2 Å². The lowest BCUT2D eigenvalue weighted by Gasteiger charge is -2.27. The molecule has 0 heterocycles. The Hall–Kier alpha value is -2.47. The predicted molar refractivity (Wildman–Crippen MR) is 122 cm³/mol. The Kier molecular flexibility index (Phi) is 8.41. The maximum Gasteiger partial charge on any atom is 0.416 e. The molecule has 3 rings (SSSR count). The molecule has 0 nitrogen and oxygen atoms in total. The molecule has 164 valence electrons. The van der Waals surface area contributed by atoms with Gasteiger partial charge >= 0.3 is 6.18 Å². The second-order valence-electron chi connectivity index (χ2n) is 8.51. The second-order valence-corrected chi connectivity index (χ2v) is 8.51. The smallest absolute Gasteiger partial charge is 0.166 e. The maximum absolute atomic E-state index is 12.6. The normalized spacial score (nSPS) is 19.2. The zero-order chi connectivity index (χ0) is 22.1. The van der Waals surface area contributed by atoms with Crippen LogP contribution in [0.25, 0.3) is 0 Å². The molecule has 1 fully saturated rings. The highest BCUT2D eigenvalue weighted by atomic mass is 19.4. The molecule has 2 aromatic carbocycles. The predicted octanol–water partition coefficient (Wildman–Crippen LogP) is 8.32. The van der Waals surface area contributed by atoms with Crippen molar-refractivity contribution in [3.8, 4) is 11.8 Å². The molecule has 0 N–H and O–H groups in total. The van der Waals surface area contributed by atoms with Gasteiger partial charge in [-0.05, 0) is 91.8 Å². The first-order chi connectivity index (χ1) is 15.0. The van der Waals surface area contributed by atoms with Gasteiger partial charge in [0.2, 0.25) is 0 Å². The summed E-state index contributed by atoms with van der Waals surface area (Å²) < 4.78 is 37.8. The van der Waals surface area contributed by atoms with E-state index in [0.717, 1.165) is 25.0 Å². The van der Waals surface area contributed by atoms with E-state index < -0.39 is 11.7 Å². The summed E-state index contributed by atoms with van der Waals surface area (Å²) in [5, 5.41) is 0. The quantitative estimate of drug-likeness (QED) is 0.323. The fraction of sp³-hybridized carbons (Fsp3) is 0.429. The first kappa shape index (κ1) is 23.2. The van der Waals surface area contributed by atoms with Gasteiger partial charge in [-0.3, -0.25) is 0 Å². The molecule has 0 spiro atoms. The molecule has 1 aliphatic carbocycles. The maximum atomic E-state index is 12.6. The van der Waals surface area contributed by atoms with E-state index in [2.05, 4.69) is 49.1 Å². The second kappa shape index (κ2) is 11.2. The van der Waals surface area contributed by atoms with Crippen molar-refractivity contribution in [1.29, 1.82) is 0 Å². The fourth-order valence-corrected chi connectivity index (χ4v) is 4.23. The van der Waals surface area contributed by atoms with Crippen molar-refractivity contribution < 1.29 is 13.2 Å². The molecule has 0 aromatic heterocycles. The van der Waals surface area contributed by atoms with E-state index in [1.807, 2.05) is 6.08 Å². The Balaban J connectivity index is 1.45. The molecule has 0 unspecified atom stereocenters. The number of alkyl halides is 3. The van der Waals surface area contributed by atoms with E-state index in [-0.39, 0.29) is 0 Å². The van der Waals surface area contributed by atoms with Crippen LogP contribution in [0, 0.1) is 17.8 Å². The molecular weight excluding hydrogens is 393 g/mol. The van der Waals surface area contributed by atoms with Gasteiger partial charge in [-0.25, -0.2) is 0 Å². The molecule has 0 saturated heterocycles. The molecule has 0 bridgehead atoms. The van der Waals surface area contributed by atoms with Crippen LogP contribution in [0.3, 0.4) is 0 Å². The van der Waals surface area contributed by atoms with Crippen LogP contribution in [0.5, 0.6) is 0 Å². The molecule has 1 saturated carbocycles. The van der Waals surface area contributed by atoms with E-state index in [9.17, 15) is 13.2 Å². The Bertz CT molecular complexity index is 885. The summed E-state index contributed by atoms with van der Waals surface area (Å²) in [7, 11) is 0. The van der Waals surface area contributed by atoms with Crippen molar-refractivity contribution in [3.63, 3.8) is 0 Å². The SMILES string of the molecule is CCCCCc1ccc(C2CCC(/C=C/C#Cc3ccc(C(F)(F)F)cc3)CC2)cc1. The molecule has 0 aliphatic heterocycles.